The Labute approximate surface area is 142 Å². The van der Waals surface area contributed by atoms with Crippen LogP contribution >= 0.6 is 0 Å². The smallest absolute Gasteiger partial charge is 0.278 e. The first-order valence-electron chi connectivity index (χ1n) is 6.96. The van der Waals surface area contributed by atoms with Crippen LogP contribution in [0.4, 0.5) is 11.4 Å². The molecule has 0 bridgehead atoms. The Morgan fingerprint density at radius 3 is 2.04 bits per heavy atom. The van der Waals surface area contributed by atoms with E-state index in [-0.39, 0.29) is 19.0 Å². The minimum absolute atomic E-state index is 0.0641. The monoisotopic (exact) mass is 378 g/mol. The third-order valence-electron chi connectivity index (χ3n) is 2.96. The highest BCUT2D eigenvalue weighted by Gasteiger charge is 2.19. The standard InChI is InChI=1S/C13H22N4O5S2/c1-11(18)15-12-5-7-13(8-6-12)17(23(4,19)20)10-9-14-24(21,22)16(2)3/h5-8,14H,9-10H2,1-4H3,(H,15,18). The number of sulfonamides is 1. The van der Waals surface area contributed by atoms with E-state index < -0.39 is 20.2 Å². The highest BCUT2D eigenvalue weighted by atomic mass is 32.2. The normalized spacial score (nSPS) is 12.2. The summed E-state index contributed by atoms with van der Waals surface area (Å²) in [6, 6.07) is 6.21. The predicted molar refractivity (Wildman–Crippen MR) is 93.5 cm³/mol. The molecule has 1 aromatic rings. The number of nitrogens with zero attached hydrogens (tertiary/aromatic N) is 2. The maximum Gasteiger partial charge on any atom is 0.278 e. The summed E-state index contributed by atoms with van der Waals surface area (Å²) in [5.41, 5.74) is 0.906. The van der Waals surface area contributed by atoms with Crippen molar-refractivity contribution < 1.29 is 21.6 Å². The average molecular weight is 378 g/mol. The topological polar surface area (TPSA) is 116 Å². The second-order valence-corrected chi connectivity index (χ2v) is 9.12. The van der Waals surface area contributed by atoms with Gasteiger partial charge in [0.05, 0.1) is 11.9 Å². The van der Waals surface area contributed by atoms with Crippen LogP contribution in [-0.4, -0.2) is 60.5 Å². The molecule has 0 aliphatic carbocycles. The molecule has 9 nitrogen and oxygen atoms in total. The zero-order valence-electron chi connectivity index (χ0n) is 14.0. The Hall–Kier alpha value is -1.69. The van der Waals surface area contributed by atoms with Crippen LogP contribution in [0.5, 0.6) is 0 Å². The molecule has 0 radical (unpaired) electrons. The van der Waals surface area contributed by atoms with Crippen molar-refractivity contribution in [3.05, 3.63) is 24.3 Å². The van der Waals surface area contributed by atoms with Crippen LogP contribution in [0.15, 0.2) is 24.3 Å². The van der Waals surface area contributed by atoms with E-state index in [9.17, 15) is 21.6 Å². The Kier molecular flexibility index (Phi) is 6.72. The second kappa shape index (κ2) is 7.92. The van der Waals surface area contributed by atoms with Crippen LogP contribution in [0.2, 0.25) is 0 Å². The van der Waals surface area contributed by atoms with Crippen LogP contribution in [-0.2, 0) is 25.0 Å². The minimum atomic E-state index is -3.63. The van der Waals surface area contributed by atoms with E-state index in [1.54, 1.807) is 12.1 Å². The summed E-state index contributed by atoms with van der Waals surface area (Å²) in [4.78, 5) is 11.0. The molecular formula is C13H22N4O5S2. The summed E-state index contributed by atoms with van der Waals surface area (Å²) >= 11 is 0. The van der Waals surface area contributed by atoms with Crippen molar-refractivity contribution >= 4 is 37.5 Å². The van der Waals surface area contributed by atoms with Crippen LogP contribution in [0.3, 0.4) is 0 Å². The summed E-state index contributed by atoms with van der Waals surface area (Å²) in [6.07, 6.45) is 1.04. The lowest BCUT2D eigenvalue weighted by Crippen LogP contribution is -2.42. The summed E-state index contributed by atoms with van der Waals surface area (Å²) in [7, 11) is -4.48. The number of nitrogens with one attached hydrogen (secondary N) is 2. The van der Waals surface area contributed by atoms with Crippen molar-refractivity contribution in [1.82, 2.24) is 9.03 Å². The van der Waals surface area contributed by atoms with Crippen LogP contribution in [0, 0.1) is 0 Å². The fourth-order valence-corrected chi connectivity index (χ4v) is 3.34. The fourth-order valence-electron chi connectivity index (χ4n) is 1.81. The van der Waals surface area contributed by atoms with Gasteiger partial charge in [-0.25, -0.2) is 13.1 Å². The van der Waals surface area contributed by atoms with Gasteiger partial charge < -0.3 is 5.32 Å². The van der Waals surface area contributed by atoms with Gasteiger partial charge in [0, 0.05) is 39.8 Å². The average Bonchev–Trinajstić information content (AvgIpc) is 2.42. The summed E-state index contributed by atoms with van der Waals surface area (Å²) < 4.78 is 51.6. The van der Waals surface area contributed by atoms with Gasteiger partial charge in [0.1, 0.15) is 0 Å². The highest BCUT2D eigenvalue weighted by molar-refractivity contribution is 7.92. The largest absolute Gasteiger partial charge is 0.326 e. The van der Waals surface area contributed by atoms with Gasteiger partial charge in [0.15, 0.2) is 0 Å². The number of carbonyl (C=O) groups is 1. The number of hydrogen-bond acceptors (Lipinski definition) is 5. The first-order valence-corrected chi connectivity index (χ1v) is 10.2. The Morgan fingerprint density at radius 2 is 1.62 bits per heavy atom. The number of amides is 1. The molecule has 1 amide bonds. The van der Waals surface area contributed by atoms with Crippen molar-refractivity contribution in [2.75, 3.05) is 43.1 Å². The first-order chi connectivity index (χ1) is 10.9. The lowest BCUT2D eigenvalue weighted by atomic mass is 10.2. The van der Waals surface area contributed by atoms with Crippen LogP contribution < -0.4 is 14.3 Å². The van der Waals surface area contributed by atoms with Crippen molar-refractivity contribution in [1.29, 1.82) is 0 Å². The van der Waals surface area contributed by atoms with E-state index >= 15 is 0 Å². The molecule has 24 heavy (non-hydrogen) atoms. The molecule has 1 rings (SSSR count). The molecule has 0 unspecified atom stereocenters. The van der Waals surface area contributed by atoms with E-state index in [1.807, 2.05) is 0 Å². The molecule has 11 heteroatoms. The number of benzene rings is 1. The van der Waals surface area contributed by atoms with E-state index in [4.69, 9.17) is 0 Å². The molecule has 0 saturated heterocycles. The number of carbonyl (C=O) groups excluding carboxylic acids is 1. The Morgan fingerprint density at radius 1 is 1.08 bits per heavy atom. The summed E-state index contributed by atoms with van der Waals surface area (Å²) in [5.74, 6) is -0.235. The van der Waals surface area contributed by atoms with E-state index in [1.165, 1.54) is 33.2 Å². The van der Waals surface area contributed by atoms with Gasteiger partial charge in [-0.15, -0.1) is 0 Å². The minimum Gasteiger partial charge on any atom is -0.326 e. The molecular weight excluding hydrogens is 356 g/mol. The molecule has 0 aliphatic heterocycles. The lowest BCUT2D eigenvalue weighted by molar-refractivity contribution is -0.114. The highest BCUT2D eigenvalue weighted by Crippen LogP contribution is 2.20. The lowest BCUT2D eigenvalue weighted by Gasteiger charge is -2.23. The van der Waals surface area contributed by atoms with E-state index in [2.05, 4.69) is 10.0 Å². The van der Waals surface area contributed by atoms with Crippen molar-refractivity contribution in [2.24, 2.45) is 0 Å². The number of rotatable bonds is 8. The van der Waals surface area contributed by atoms with Gasteiger partial charge in [-0.2, -0.15) is 12.7 Å². The molecule has 0 aliphatic rings. The molecule has 0 saturated carbocycles. The molecule has 136 valence electrons. The molecule has 0 fully saturated rings. The number of hydrogen-bond donors (Lipinski definition) is 2. The number of anilines is 2. The fraction of sp³-hybridized carbons (Fsp3) is 0.462. The Bertz CT molecular complexity index is 773. The van der Waals surface area contributed by atoms with E-state index in [0.717, 1.165) is 14.9 Å². The van der Waals surface area contributed by atoms with Gasteiger partial charge in [-0.1, -0.05) is 0 Å². The van der Waals surface area contributed by atoms with Gasteiger partial charge in [0.2, 0.25) is 15.9 Å². The molecule has 2 N–H and O–H groups in total. The zero-order valence-corrected chi connectivity index (χ0v) is 15.6. The van der Waals surface area contributed by atoms with Crippen LogP contribution in [0.25, 0.3) is 0 Å². The third kappa shape index (κ3) is 6.07. The first kappa shape index (κ1) is 20.4. The van der Waals surface area contributed by atoms with Gasteiger partial charge in [-0.3, -0.25) is 9.10 Å². The Balaban J connectivity index is 2.89. The van der Waals surface area contributed by atoms with Crippen LogP contribution in [0.1, 0.15) is 6.92 Å². The molecule has 0 heterocycles. The molecule has 1 aromatic carbocycles. The van der Waals surface area contributed by atoms with Crippen molar-refractivity contribution in [3.8, 4) is 0 Å². The summed E-state index contributed by atoms with van der Waals surface area (Å²) in [5, 5.41) is 2.58. The van der Waals surface area contributed by atoms with Gasteiger partial charge >= 0.3 is 0 Å². The van der Waals surface area contributed by atoms with Gasteiger partial charge in [-0.05, 0) is 24.3 Å². The maximum atomic E-state index is 12.0. The molecule has 0 aromatic heterocycles. The SMILES string of the molecule is CC(=O)Nc1ccc(N(CCNS(=O)(=O)N(C)C)S(C)(=O)=O)cc1. The molecule has 0 spiro atoms. The van der Waals surface area contributed by atoms with Crippen molar-refractivity contribution in [3.63, 3.8) is 0 Å². The quantitative estimate of drug-likeness (QED) is 0.650. The zero-order chi connectivity index (χ0) is 18.5. The third-order valence-corrected chi connectivity index (χ3v) is 5.68. The predicted octanol–water partition coefficient (Wildman–Crippen LogP) is -0.193. The van der Waals surface area contributed by atoms with Gasteiger partial charge in [0.25, 0.3) is 10.2 Å². The molecule has 0 atom stereocenters. The summed E-state index contributed by atoms with van der Waals surface area (Å²) in [6.45, 7) is 1.22. The van der Waals surface area contributed by atoms with Crippen molar-refractivity contribution in [2.45, 2.75) is 6.92 Å². The van der Waals surface area contributed by atoms with E-state index in [0.29, 0.717) is 11.4 Å². The second-order valence-electron chi connectivity index (χ2n) is 5.24. The maximum absolute atomic E-state index is 12.0.